The maximum Gasteiger partial charge on any atom is 0.263 e. The molecule has 0 aliphatic rings. The maximum absolute atomic E-state index is 12.7. The number of nitrogens with one attached hydrogen (secondary N) is 2. The molecule has 0 fully saturated rings. The van der Waals surface area contributed by atoms with E-state index in [0.717, 1.165) is 0 Å². The number of hydrogen-bond acceptors (Lipinski definition) is 5. The number of hydrogen-bond donors (Lipinski definition) is 2. The molecular weight excluding hydrogens is 828 g/mol. The van der Waals surface area contributed by atoms with Gasteiger partial charge in [0.05, 0.1) is 26.4 Å². The molecule has 0 unspecified atom stereocenters. The van der Waals surface area contributed by atoms with E-state index in [4.69, 9.17) is 92.8 Å². The summed E-state index contributed by atoms with van der Waals surface area (Å²) < 4.78 is 54.3. The summed E-state index contributed by atoms with van der Waals surface area (Å²) in [6.45, 7) is 0. The van der Waals surface area contributed by atoms with Crippen LogP contribution < -0.4 is 9.44 Å². The fourth-order valence-electron chi connectivity index (χ4n) is 3.96. The van der Waals surface area contributed by atoms with Gasteiger partial charge < -0.3 is 0 Å². The Kier molecular flexibility index (Phi) is 12.9. The van der Waals surface area contributed by atoms with Crippen LogP contribution in [0.4, 0.5) is 11.4 Å². The quantitative estimate of drug-likeness (QED) is 0.151. The Balaban J connectivity index is 0.000000237. The SMILES string of the molecule is O=C(c1cc(Cl)cc(Cl)c1)c1ccc(NS(=O)(=O)c2ccc(Cl)cc2Cl)cc1Cl.O=S(=O)(Nc1cccc(Cl)c1)c1ccc(Cl)cc1Cl. The van der Waals surface area contributed by atoms with Crippen molar-refractivity contribution in [3.05, 3.63) is 148 Å². The average Bonchev–Trinajstić information content (AvgIpc) is 2.96. The van der Waals surface area contributed by atoms with Gasteiger partial charge in [-0.15, -0.1) is 0 Å². The van der Waals surface area contributed by atoms with Gasteiger partial charge in [0.25, 0.3) is 20.0 Å². The minimum absolute atomic E-state index is 0.0271. The molecule has 5 rings (SSSR count). The predicted octanol–water partition coefficient (Wildman–Crippen LogP) is 11.4. The predicted molar refractivity (Wildman–Crippen MR) is 197 cm³/mol. The van der Waals surface area contributed by atoms with Crippen molar-refractivity contribution in [2.24, 2.45) is 0 Å². The van der Waals surface area contributed by atoms with E-state index >= 15 is 0 Å². The lowest BCUT2D eigenvalue weighted by atomic mass is 10.0. The molecule has 0 aromatic heterocycles. The van der Waals surface area contributed by atoms with Crippen molar-refractivity contribution in [1.29, 1.82) is 0 Å². The third-order valence-electron chi connectivity index (χ3n) is 6.03. The van der Waals surface area contributed by atoms with E-state index in [1.807, 2.05) is 0 Å². The van der Waals surface area contributed by atoms with E-state index in [1.54, 1.807) is 18.2 Å². The fraction of sp³-hybridized carbons (Fsp3) is 0. The van der Waals surface area contributed by atoms with E-state index in [-0.39, 0.29) is 41.7 Å². The Labute approximate surface area is 316 Å². The third-order valence-corrected chi connectivity index (χ3v) is 11.2. The van der Waals surface area contributed by atoms with Crippen molar-refractivity contribution in [3.63, 3.8) is 0 Å². The Hall–Kier alpha value is -2.41. The van der Waals surface area contributed by atoms with Gasteiger partial charge in [-0.2, -0.15) is 0 Å². The molecule has 7 nitrogen and oxygen atoms in total. The van der Waals surface area contributed by atoms with Crippen molar-refractivity contribution < 1.29 is 21.6 Å². The molecule has 0 heterocycles. The van der Waals surface area contributed by atoms with Gasteiger partial charge in [-0.05, 0) is 91.0 Å². The summed E-state index contributed by atoms with van der Waals surface area (Å²) >= 11 is 47.3. The van der Waals surface area contributed by atoms with Gasteiger partial charge >= 0.3 is 0 Å². The molecule has 0 saturated carbocycles. The second kappa shape index (κ2) is 16.1. The van der Waals surface area contributed by atoms with Crippen LogP contribution in [-0.2, 0) is 20.0 Å². The van der Waals surface area contributed by atoms with E-state index in [9.17, 15) is 21.6 Å². The highest BCUT2D eigenvalue weighted by atomic mass is 35.5. The van der Waals surface area contributed by atoms with E-state index in [0.29, 0.717) is 30.8 Å². The van der Waals surface area contributed by atoms with Gasteiger partial charge in [-0.3, -0.25) is 14.2 Å². The summed E-state index contributed by atoms with van der Waals surface area (Å²) in [6, 6.07) is 23.1. The summed E-state index contributed by atoms with van der Waals surface area (Å²) in [5.74, 6) is -0.408. The number of carbonyl (C=O) groups is 1. The molecule has 2 N–H and O–H groups in total. The monoisotopic (exact) mass is 842 g/mol. The molecule has 5 aromatic rings. The molecule has 5 aromatic carbocycles. The van der Waals surface area contributed by atoms with E-state index in [2.05, 4.69) is 9.44 Å². The standard InChI is InChI=1S/C19H10Cl5NO3S.C12H8Cl3NO2S/c20-11-1-4-18(17(24)8-11)29(27,28)25-14-2-3-15(16(23)9-14)19(26)10-5-12(21)7-13(22)6-10;13-8-2-1-3-10(6-8)16-19(17,18)12-5-4-9(14)7-11(12)15/h1-9,25H;1-7,16H. The van der Waals surface area contributed by atoms with Gasteiger partial charge in [0.2, 0.25) is 0 Å². The lowest BCUT2D eigenvalue weighted by molar-refractivity contribution is 0.103. The van der Waals surface area contributed by atoms with Gasteiger partial charge in [-0.25, -0.2) is 16.8 Å². The molecule has 17 heteroatoms. The molecule has 0 atom stereocenters. The Morgan fingerprint density at radius 1 is 0.458 bits per heavy atom. The molecule has 0 aliphatic heterocycles. The largest absolute Gasteiger partial charge is 0.289 e. The van der Waals surface area contributed by atoms with E-state index in [1.165, 1.54) is 78.9 Å². The minimum Gasteiger partial charge on any atom is -0.289 e. The smallest absolute Gasteiger partial charge is 0.263 e. The van der Waals surface area contributed by atoms with Gasteiger partial charge in [0, 0.05) is 36.2 Å². The third kappa shape index (κ3) is 10.1. The van der Waals surface area contributed by atoms with Crippen LogP contribution in [-0.4, -0.2) is 22.6 Å². The van der Waals surface area contributed by atoms with Crippen LogP contribution in [0.25, 0.3) is 0 Å². The first-order valence-electron chi connectivity index (χ1n) is 13.0. The van der Waals surface area contributed by atoms with Gasteiger partial charge in [-0.1, -0.05) is 98.9 Å². The molecule has 0 spiro atoms. The lowest BCUT2D eigenvalue weighted by Crippen LogP contribution is -2.14. The zero-order chi connectivity index (χ0) is 35.4. The first kappa shape index (κ1) is 38.4. The van der Waals surface area contributed by atoms with Gasteiger partial charge in [0.15, 0.2) is 5.78 Å². The summed E-state index contributed by atoms with van der Waals surface area (Å²) in [7, 11) is -7.77. The van der Waals surface area contributed by atoms with Crippen molar-refractivity contribution >= 4 is 130 Å². The molecule has 0 aliphatic carbocycles. The van der Waals surface area contributed by atoms with Crippen LogP contribution in [0, 0.1) is 0 Å². The van der Waals surface area contributed by atoms with Crippen LogP contribution in [0.15, 0.2) is 107 Å². The highest BCUT2D eigenvalue weighted by Gasteiger charge is 2.21. The zero-order valence-electron chi connectivity index (χ0n) is 23.6. The highest BCUT2D eigenvalue weighted by Crippen LogP contribution is 2.31. The summed E-state index contributed by atoms with van der Waals surface area (Å²) in [5, 5.41) is 1.80. The number of benzene rings is 5. The van der Waals surface area contributed by atoms with Crippen LogP contribution in [0.1, 0.15) is 15.9 Å². The fourth-order valence-corrected chi connectivity index (χ4v) is 8.59. The number of ketones is 1. The normalized spacial score (nSPS) is 11.3. The molecule has 250 valence electrons. The number of sulfonamides is 2. The molecule has 48 heavy (non-hydrogen) atoms. The van der Waals surface area contributed by atoms with E-state index < -0.39 is 25.8 Å². The van der Waals surface area contributed by atoms with Crippen molar-refractivity contribution in [2.75, 3.05) is 9.44 Å². The summed E-state index contributed by atoms with van der Waals surface area (Å²) in [6.07, 6.45) is 0. The van der Waals surface area contributed by atoms with Gasteiger partial charge in [0.1, 0.15) is 9.79 Å². The Morgan fingerprint density at radius 3 is 1.40 bits per heavy atom. The highest BCUT2D eigenvalue weighted by molar-refractivity contribution is 7.93. The van der Waals surface area contributed by atoms with Crippen molar-refractivity contribution in [3.8, 4) is 0 Å². The molecule has 0 radical (unpaired) electrons. The van der Waals surface area contributed by atoms with Crippen LogP contribution in [0.5, 0.6) is 0 Å². The number of halogens is 8. The molecule has 0 bridgehead atoms. The van der Waals surface area contributed by atoms with Crippen molar-refractivity contribution in [2.45, 2.75) is 9.79 Å². The average molecular weight is 846 g/mol. The molecule has 0 amide bonds. The topological polar surface area (TPSA) is 109 Å². The number of anilines is 2. The minimum atomic E-state index is -3.99. The maximum atomic E-state index is 12.7. The van der Waals surface area contributed by atoms with Crippen LogP contribution in [0.3, 0.4) is 0 Å². The van der Waals surface area contributed by atoms with Crippen molar-refractivity contribution in [1.82, 2.24) is 0 Å². The molecule has 0 saturated heterocycles. The lowest BCUT2D eigenvalue weighted by Gasteiger charge is -2.11. The second-order valence-corrected chi connectivity index (χ2v) is 16.3. The Bertz CT molecular complexity index is 2230. The first-order chi connectivity index (χ1) is 22.4. The molecular formula is C31H18Cl8N2O5S2. The zero-order valence-corrected chi connectivity index (χ0v) is 31.3. The summed E-state index contributed by atoms with van der Waals surface area (Å²) in [5.41, 5.74) is 0.934. The number of rotatable bonds is 8. The number of carbonyl (C=O) groups excluding carboxylic acids is 1. The van der Waals surface area contributed by atoms with Crippen LogP contribution >= 0.6 is 92.8 Å². The van der Waals surface area contributed by atoms with Crippen LogP contribution in [0.2, 0.25) is 40.2 Å². The summed E-state index contributed by atoms with van der Waals surface area (Å²) in [4.78, 5) is 12.5. The first-order valence-corrected chi connectivity index (χ1v) is 19.0. The Morgan fingerprint density at radius 2 is 0.938 bits per heavy atom. The second-order valence-electron chi connectivity index (χ2n) is 9.55.